The Morgan fingerprint density at radius 3 is 2.53 bits per heavy atom. The molecule has 1 spiro atoms. The number of rotatable bonds is 5. The second-order valence-electron chi connectivity index (χ2n) is 10.6. The second kappa shape index (κ2) is 10.3. The van der Waals surface area contributed by atoms with E-state index in [0.29, 0.717) is 39.8 Å². The Hall–Kier alpha value is -2.94. The summed E-state index contributed by atoms with van der Waals surface area (Å²) in [7, 11) is 0. The molecule has 2 aromatic heterocycles. The predicted octanol–water partition coefficient (Wildman–Crippen LogP) is 5.38. The molecule has 2 N–H and O–H groups in total. The van der Waals surface area contributed by atoms with Gasteiger partial charge in [0.2, 0.25) is 0 Å². The zero-order valence-electron chi connectivity index (χ0n) is 21.4. The molecule has 0 amide bonds. The van der Waals surface area contributed by atoms with E-state index in [4.69, 9.17) is 22.3 Å². The average molecular weight is 547 g/mol. The van der Waals surface area contributed by atoms with Gasteiger partial charge in [0.15, 0.2) is 0 Å². The number of hydrogen-bond acceptors (Lipinski definition) is 7. The molecule has 2 aromatic carbocycles. The van der Waals surface area contributed by atoms with Crippen LogP contribution in [0.25, 0.3) is 10.9 Å². The third kappa shape index (κ3) is 4.70. The van der Waals surface area contributed by atoms with E-state index >= 15 is 0 Å². The lowest BCUT2D eigenvalue weighted by molar-refractivity contribution is 0.186. The van der Waals surface area contributed by atoms with Gasteiger partial charge in [-0.1, -0.05) is 60.6 Å². The highest BCUT2D eigenvalue weighted by Gasteiger charge is 2.46. The number of hydrogen-bond donors (Lipinski definition) is 1. The summed E-state index contributed by atoms with van der Waals surface area (Å²) >= 11 is 8.14. The number of nitrogens with zero attached hydrogens (tertiary/aromatic N) is 5. The first-order valence-corrected chi connectivity index (χ1v) is 14.3. The Balaban J connectivity index is 1.15. The van der Waals surface area contributed by atoms with E-state index in [1.54, 1.807) is 23.2 Å². The van der Waals surface area contributed by atoms with Gasteiger partial charge < -0.3 is 10.6 Å². The van der Waals surface area contributed by atoms with Crippen molar-refractivity contribution in [1.82, 2.24) is 19.5 Å². The van der Waals surface area contributed by atoms with Crippen molar-refractivity contribution in [3.63, 3.8) is 0 Å². The molecule has 0 unspecified atom stereocenters. The van der Waals surface area contributed by atoms with Crippen LogP contribution < -0.4 is 16.2 Å². The minimum Gasteiger partial charge on any atom is -0.355 e. The lowest BCUT2D eigenvalue weighted by Crippen LogP contribution is -2.48. The lowest BCUT2D eigenvalue weighted by atomic mass is 9.73. The van der Waals surface area contributed by atoms with Gasteiger partial charge in [-0.15, -0.1) is 0 Å². The Labute approximate surface area is 231 Å². The highest BCUT2D eigenvalue weighted by atomic mass is 35.5. The average Bonchev–Trinajstić information content (AvgIpc) is 3.22. The fourth-order valence-electron chi connectivity index (χ4n) is 6.02. The van der Waals surface area contributed by atoms with Gasteiger partial charge in [-0.25, -0.2) is 15.0 Å². The van der Waals surface area contributed by atoms with Crippen LogP contribution in [-0.4, -0.2) is 38.7 Å². The van der Waals surface area contributed by atoms with Crippen molar-refractivity contribution in [3.05, 3.63) is 82.1 Å². The summed E-state index contributed by atoms with van der Waals surface area (Å²) in [6, 6.07) is 13.8. The summed E-state index contributed by atoms with van der Waals surface area (Å²) in [5.74, 6) is 1.51. The zero-order chi connectivity index (χ0) is 26.3. The van der Waals surface area contributed by atoms with Gasteiger partial charge in [0.25, 0.3) is 5.56 Å². The maximum absolute atomic E-state index is 13.1. The number of halogens is 1. The van der Waals surface area contributed by atoms with Crippen molar-refractivity contribution in [2.45, 2.75) is 55.1 Å². The maximum Gasteiger partial charge on any atom is 0.261 e. The van der Waals surface area contributed by atoms with Crippen LogP contribution in [0.5, 0.6) is 0 Å². The minimum absolute atomic E-state index is 0.113. The third-order valence-corrected chi connectivity index (χ3v) is 9.90. The van der Waals surface area contributed by atoms with Crippen LogP contribution in [0.2, 0.25) is 5.02 Å². The summed E-state index contributed by atoms with van der Waals surface area (Å²) in [5.41, 5.74) is 8.30. The number of anilines is 1. The molecule has 2 aliphatic rings. The summed E-state index contributed by atoms with van der Waals surface area (Å²) in [6.45, 7) is 4.67. The Morgan fingerprint density at radius 1 is 1.05 bits per heavy atom. The molecule has 9 heteroatoms. The largest absolute Gasteiger partial charge is 0.355 e. The van der Waals surface area contributed by atoms with Crippen LogP contribution in [0.4, 0.5) is 5.82 Å². The number of aromatic nitrogens is 4. The van der Waals surface area contributed by atoms with E-state index < -0.39 is 0 Å². The van der Waals surface area contributed by atoms with Gasteiger partial charge in [-0.2, -0.15) is 0 Å². The number of benzene rings is 2. The van der Waals surface area contributed by atoms with Crippen LogP contribution in [-0.2, 0) is 6.54 Å². The molecule has 3 heterocycles. The van der Waals surface area contributed by atoms with Crippen LogP contribution in [0, 0.1) is 11.3 Å². The van der Waals surface area contributed by atoms with Gasteiger partial charge in [0.05, 0.1) is 41.2 Å². The Morgan fingerprint density at radius 2 is 1.84 bits per heavy atom. The lowest BCUT2D eigenvalue weighted by Gasteiger charge is -2.43. The molecule has 38 heavy (non-hydrogen) atoms. The van der Waals surface area contributed by atoms with Crippen LogP contribution in [0.1, 0.15) is 38.2 Å². The standard InChI is InChI=1S/C29H31ClN6OS/c1-19-9-10-29(27(19)31)11-13-35(14-12-29)23-15-33-24(16-32-23)38-22-8-7-21-26(25(22)30)34-18-36(28(21)37)17-20-5-3-2-4-6-20/h2-8,15-16,18-19,27H,9-14,17,31H2,1H3/t19-,27-/m1/s1. The molecule has 0 radical (unpaired) electrons. The van der Waals surface area contributed by atoms with Gasteiger partial charge in [0.1, 0.15) is 10.8 Å². The summed E-state index contributed by atoms with van der Waals surface area (Å²) in [4.78, 5) is 30.1. The molecule has 6 rings (SSSR count). The first-order chi connectivity index (χ1) is 18.4. The zero-order valence-corrected chi connectivity index (χ0v) is 23.0. The first-order valence-electron chi connectivity index (χ1n) is 13.2. The summed E-state index contributed by atoms with van der Waals surface area (Å²) in [6.07, 6.45) is 9.91. The molecule has 2 atom stereocenters. The van der Waals surface area contributed by atoms with Crippen molar-refractivity contribution in [3.8, 4) is 0 Å². The van der Waals surface area contributed by atoms with Gasteiger partial charge >= 0.3 is 0 Å². The van der Waals surface area contributed by atoms with Crippen molar-refractivity contribution >= 4 is 40.1 Å². The van der Waals surface area contributed by atoms with E-state index in [-0.39, 0.29) is 5.56 Å². The van der Waals surface area contributed by atoms with E-state index in [9.17, 15) is 4.79 Å². The highest BCUT2D eigenvalue weighted by Crippen LogP contribution is 2.48. The Kier molecular flexibility index (Phi) is 6.88. The predicted molar refractivity (Wildman–Crippen MR) is 153 cm³/mol. The fourth-order valence-corrected chi connectivity index (χ4v) is 7.11. The molecule has 0 bridgehead atoms. The monoisotopic (exact) mass is 546 g/mol. The van der Waals surface area contributed by atoms with E-state index in [2.05, 4.69) is 21.8 Å². The van der Waals surface area contributed by atoms with Crippen molar-refractivity contribution in [2.24, 2.45) is 17.1 Å². The van der Waals surface area contributed by atoms with Crippen LogP contribution in [0.3, 0.4) is 0 Å². The van der Waals surface area contributed by atoms with E-state index in [0.717, 1.165) is 47.2 Å². The number of fused-ring (bicyclic) bond motifs is 1. The number of piperidine rings is 1. The molecule has 4 aromatic rings. The van der Waals surface area contributed by atoms with E-state index in [1.165, 1.54) is 24.6 Å². The molecular formula is C29H31ClN6OS. The molecule has 2 fully saturated rings. The highest BCUT2D eigenvalue weighted by molar-refractivity contribution is 7.99. The molecule has 7 nitrogen and oxygen atoms in total. The summed E-state index contributed by atoms with van der Waals surface area (Å²) < 4.78 is 1.61. The fraction of sp³-hybridized carbons (Fsp3) is 0.379. The van der Waals surface area contributed by atoms with Gasteiger partial charge in [-0.3, -0.25) is 9.36 Å². The smallest absolute Gasteiger partial charge is 0.261 e. The van der Waals surface area contributed by atoms with Crippen molar-refractivity contribution in [2.75, 3.05) is 18.0 Å². The Bertz CT molecular complexity index is 1500. The molecule has 1 saturated heterocycles. The molecule has 1 aliphatic carbocycles. The molecule has 1 aliphatic heterocycles. The first kappa shape index (κ1) is 25.3. The molecule has 1 saturated carbocycles. The van der Waals surface area contributed by atoms with Crippen molar-refractivity contribution in [1.29, 1.82) is 0 Å². The summed E-state index contributed by atoms with van der Waals surface area (Å²) in [5, 5.41) is 1.69. The quantitative estimate of drug-likeness (QED) is 0.359. The van der Waals surface area contributed by atoms with Gasteiger partial charge in [-0.05, 0) is 54.7 Å². The minimum atomic E-state index is -0.113. The number of nitrogens with two attached hydrogens (primary N) is 1. The topological polar surface area (TPSA) is 89.9 Å². The van der Waals surface area contributed by atoms with Gasteiger partial charge in [0, 0.05) is 24.0 Å². The van der Waals surface area contributed by atoms with Crippen molar-refractivity contribution < 1.29 is 0 Å². The third-order valence-electron chi connectivity index (χ3n) is 8.42. The molecular weight excluding hydrogens is 516 g/mol. The van der Waals surface area contributed by atoms with Crippen LogP contribution >= 0.6 is 23.4 Å². The maximum atomic E-state index is 13.1. The molecule has 196 valence electrons. The SMILES string of the molecule is C[C@@H]1CCC2(CCN(c3cnc(Sc4ccc5c(=O)n(Cc6ccccc6)cnc5c4Cl)cn3)CC2)[C@@H]1N. The normalized spacial score (nSPS) is 20.9. The second-order valence-corrected chi connectivity index (χ2v) is 12.1. The van der Waals surface area contributed by atoms with E-state index in [1.807, 2.05) is 42.6 Å². The van der Waals surface area contributed by atoms with Crippen LogP contribution in [0.15, 0.2) is 75.9 Å².